The molecule has 0 saturated carbocycles. The van der Waals surface area contributed by atoms with Gasteiger partial charge in [-0.05, 0) is 69.1 Å². The number of alkyl halides is 1. The summed E-state index contributed by atoms with van der Waals surface area (Å²) in [5, 5.41) is 25.5. The first kappa shape index (κ1) is 27.6. The zero-order valence-electron chi connectivity index (χ0n) is 21.3. The van der Waals surface area contributed by atoms with Crippen LogP contribution in [0.4, 0.5) is 26.3 Å². The maximum Gasteiger partial charge on any atom is 0.194 e. The van der Waals surface area contributed by atoms with E-state index in [1.54, 1.807) is 54.6 Å². The second kappa shape index (κ2) is 10.9. The first-order valence-electron chi connectivity index (χ1n) is 12.2. The Hall–Kier alpha value is -4.98. The molecule has 0 aliphatic rings. The van der Waals surface area contributed by atoms with E-state index in [4.69, 9.17) is 0 Å². The summed E-state index contributed by atoms with van der Waals surface area (Å²) in [5.74, 6) is -7.37. The standard InChI is InChI=1S/C32H17F5O2.CH3F/c33-24-10-9-18(13-25(24)34)22-11-16-5-1-3-7-20(16)28(31(22)38)29-21-8-4-2-6-17(21)12-23(32(29)39)19-14-26(35)30(37)27(36)15-19;1-2/h1-15,38-39H;1H3. The number of phenols is 2. The van der Waals surface area contributed by atoms with Crippen molar-refractivity contribution in [1.82, 2.24) is 0 Å². The molecule has 0 fully saturated rings. The maximum absolute atomic E-state index is 14.2. The average Bonchev–Trinajstić information content (AvgIpc) is 2.98. The monoisotopic (exact) mass is 562 g/mol. The quantitative estimate of drug-likeness (QED) is 0.167. The summed E-state index contributed by atoms with van der Waals surface area (Å²) < 4.78 is 79.4. The SMILES string of the molecule is CF.Oc1c(-c2ccc(F)c(F)c2)cc2ccccc2c1-c1c(O)c(-c2cc(F)c(F)c(F)c2)cc2ccccc12. The molecule has 2 nitrogen and oxygen atoms in total. The van der Waals surface area contributed by atoms with Gasteiger partial charge < -0.3 is 10.2 Å². The molecule has 0 aliphatic heterocycles. The minimum absolute atomic E-state index is 0.00297. The molecular formula is C33H20F6O2. The smallest absolute Gasteiger partial charge is 0.194 e. The molecule has 0 aliphatic carbocycles. The van der Waals surface area contributed by atoms with Crippen LogP contribution in [0, 0.1) is 29.1 Å². The van der Waals surface area contributed by atoms with Crippen molar-refractivity contribution in [2.24, 2.45) is 0 Å². The highest BCUT2D eigenvalue weighted by Gasteiger charge is 2.24. The van der Waals surface area contributed by atoms with Crippen LogP contribution >= 0.6 is 0 Å². The van der Waals surface area contributed by atoms with Gasteiger partial charge in [-0.25, -0.2) is 22.0 Å². The Kier molecular flexibility index (Phi) is 7.32. The van der Waals surface area contributed by atoms with E-state index in [0.29, 0.717) is 28.7 Å². The third kappa shape index (κ3) is 4.71. The molecule has 8 heteroatoms. The van der Waals surface area contributed by atoms with Gasteiger partial charge in [0.1, 0.15) is 11.5 Å². The van der Waals surface area contributed by atoms with Crippen LogP contribution in [0.15, 0.2) is 91.0 Å². The van der Waals surface area contributed by atoms with Gasteiger partial charge in [0.05, 0.1) is 7.18 Å². The second-order valence-electron chi connectivity index (χ2n) is 9.12. The molecule has 206 valence electrons. The van der Waals surface area contributed by atoms with Gasteiger partial charge in [0.15, 0.2) is 29.1 Å². The Balaban J connectivity index is 0.00000165. The molecule has 0 radical (unpaired) electrons. The van der Waals surface area contributed by atoms with Crippen molar-refractivity contribution in [3.05, 3.63) is 120 Å². The van der Waals surface area contributed by atoms with Crippen molar-refractivity contribution in [3.8, 4) is 44.9 Å². The Morgan fingerprint density at radius 3 is 1.39 bits per heavy atom. The van der Waals surface area contributed by atoms with Crippen molar-refractivity contribution in [3.63, 3.8) is 0 Å². The molecular weight excluding hydrogens is 542 g/mol. The number of halogens is 6. The summed E-state index contributed by atoms with van der Waals surface area (Å²) in [5.41, 5.74) is 0.578. The number of benzene rings is 6. The lowest BCUT2D eigenvalue weighted by Gasteiger charge is -2.19. The van der Waals surface area contributed by atoms with Crippen LogP contribution in [-0.2, 0) is 0 Å². The van der Waals surface area contributed by atoms with Crippen molar-refractivity contribution >= 4 is 21.5 Å². The predicted molar refractivity (Wildman–Crippen MR) is 148 cm³/mol. The van der Waals surface area contributed by atoms with Crippen LogP contribution in [-0.4, -0.2) is 17.4 Å². The summed E-state index contributed by atoms with van der Waals surface area (Å²) in [6.45, 7) is 0. The van der Waals surface area contributed by atoms with E-state index < -0.39 is 34.8 Å². The van der Waals surface area contributed by atoms with Gasteiger partial charge in [-0.3, -0.25) is 4.39 Å². The number of rotatable bonds is 3. The number of aromatic hydroxyl groups is 2. The summed E-state index contributed by atoms with van der Waals surface area (Å²) in [6.07, 6.45) is 0. The zero-order valence-corrected chi connectivity index (χ0v) is 21.3. The van der Waals surface area contributed by atoms with Crippen molar-refractivity contribution in [2.75, 3.05) is 7.18 Å². The van der Waals surface area contributed by atoms with Gasteiger partial charge in [0.2, 0.25) is 0 Å². The van der Waals surface area contributed by atoms with Crippen LogP contribution in [0.25, 0.3) is 54.9 Å². The number of fused-ring (bicyclic) bond motifs is 2. The Labute approximate surface area is 230 Å². The number of phenolic OH excluding ortho intramolecular Hbond substituents is 2. The van der Waals surface area contributed by atoms with E-state index in [-0.39, 0.29) is 39.1 Å². The van der Waals surface area contributed by atoms with Crippen LogP contribution in [0.2, 0.25) is 0 Å². The second-order valence-corrected chi connectivity index (χ2v) is 9.12. The largest absolute Gasteiger partial charge is 0.507 e. The lowest BCUT2D eigenvalue weighted by molar-refractivity contribution is 0.447. The highest BCUT2D eigenvalue weighted by atomic mass is 19.2. The van der Waals surface area contributed by atoms with Crippen molar-refractivity contribution in [2.45, 2.75) is 0 Å². The van der Waals surface area contributed by atoms with Crippen LogP contribution in [0.5, 0.6) is 11.5 Å². The van der Waals surface area contributed by atoms with Gasteiger partial charge in [-0.1, -0.05) is 54.6 Å². The molecule has 0 saturated heterocycles. The Bertz CT molecular complexity index is 1930. The van der Waals surface area contributed by atoms with E-state index in [9.17, 15) is 36.6 Å². The summed E-state index contributed by atoms with van der Waals surface area (Å²) in [4.78, 5) is 0. The van der Waals surface area contributed by atoms with Crippen molar-refractivity contribution in [1.29, 1.82) is 0 Å². The van der Waals surface area contributed by atoms with Gasteiger partial charge >= 0.3 is 0 Å². The van der Waals surface area contributed by atoms with Gasteiger partial charge in [-0.2, -0.15) is 0 Å². The first-order valence-corrected chi connectivity index (χ1v) is 12.2. The molecule has 6 rings (SSSR count). The van der Waals surface area contributed by atoms with E-state index in [1.807, 2.05) is 0 Å². The predicted octanol–water partition coefficient (Wildman–Crippen LogP) is 9.69. The minimum atomic E-state index is -1.64. The fraction of sp³-hybridized carbons (Fsp3) is 0.0303. The fourth-order valence-corrected chi connectivity index (χ4v) is 4.99. The maximum atomic E-state index is 14.2. The Morgan fingerprint density at radius 1 is 0.463 bits per heavy atom. The average molecular weight is 563 g/mol. The van der Waals surface area contributed by atoms with Gasteiger partial charge in [0.25, 0.3) is 0 Å². The molecule has 6 aromatic carbocycles. The zero-order chi connectivity index (χ0) is 29.4. The van der Waals surface area contributed by atoms with Gasteiger partial charge in [0, 0.05) is 22.3 Å². The molecule has 0 bridgehead atoms. The number of hydrogen-bond donors (Lipinski definition) is 2. The van der Waals surface area contributed by atoms with Gasteiger partial charge in [-0.15, -0.1) is 0 Å². The lowest BCUT2D eigenvalue weighted by atomic mass is 9.86. The van der Waals surface area contributed by atoms with Crippen LogP contribution < -0.4 is 0 Å². The molecule has 0 heterocycles. The molecule has 2 N–H and O–H groups in total. The fourth-order valence-electron chi connectivity index (χ4n) is 4.99. The van der Waals surface area contributed by atoms with E-state index in [2.05, 4.69) is 0 Å². The molecule has 0 amide bonds. The van der Waals surface area contributed by atoms with E-state index >= 15 is 0 Å². The minimum Gasteiger partial charge on any atom is -0.507 e. The molecule has 41 heavy (non-hydrogen) atoms. The molecule has 0 aromatic heterocycles. The van der Waals surface area contributed by atoms with E-state index in [1.165, 1.54) is 12.1 Å². The topological polar surface area (TPSA) is 40.5 Å². The molecule has 0 atom stereocenters. The normalized spacial score (nSPS) is 11.0. The molecule has 0 spiro atoms. The third-order valence-electron chi connectivity index (χ3n) is 6.82. The van der Waals surface area contributed by atoms with Crippen molar-refractivity contribution < 1.29 is 36.6 Å². The Morgan fingerprint density at radius 2 is 0.902 bits per heavy atom. The van der Waals surface area contributed by atoms with Crippen LogP contribution in [0.3, 0.4) is 0 Å². The highest BCUT2D eigenvalue weighted by molar-refractivity contribution is 6.13. The highest BCUT2D eigenvalue weighted by Crippen LogP contribution is 2.51. The summed E-state index contributed by atoms with van der Waals surface area (Å²) >= 11 is 0. The van der Waals surface area contributed by atoms with E-state index in [0.717, 1.165) is 24.3 Å². The third-order valence-corrected chi connectivity index (χ3v) is 6.82. The molecule has 6 aromatic rings. The first-order chi connectivity index (χ1) is 19.7. The van der Waals surface area contributed by atoms with Crippen LogP contribution in [0.1, 0.15) is 0 Å². The number of hydrogen-bond acceptors (Lipinski definition) is 2. The summed E-state index contributed by atoms with van der Waals surface area (Å²) in [7, 11) is 0.500. The lowest BCUT2D eigenvalue weighted by Crippen LogP contribution is -1.95. The summed E-state index contributed by atoms with van der Waals surface area (Å²) in [6, 6.07) is 21.8. The molecule has 0 unspecified atom stereocenters.